The van der Waals surface area contributed by atoms with E-state index in [2.05, 4.69) is 10.6 Å². The molecule has 51 heavy (non-hydrogen) atoms. The number of hydrogen-bond acceptors (Lipinski definition) is 13. The minimum absolute atomic E-state index is 0. The summed E-state index contributed by atoms with van der Waals surface area (Å²) in [5.41, 5.74) is 2.80. The summed E-state index contributed by atoms with van der Waals surface area (Å²) in [6.07, 6.45) is -2.85. The van der Waals surface area contributed by atoms with Gasteiger partial charge in [-0.2, -0.15) is 0 Å². The maximum atomic E-state index is 11.8. The predicted molar refractivity (Wildman–Crippen MR) is 170 cm³/mol. The van der Waals surface area contributed by atoms with E-state index in [0.29, 0.717) is 12.0 Å². The summed E-state index contributed by atoms with van der Waals surface area (Å²) in [4.78, 5) is 45.5. The average Bonchev–Trinajstić information content (AvgIpc) is 3.04. The van der Waals surface area contributed by atoms with Gasteiger partial charge >= 0.3 is 59.1 Å². The van der Waals surface area contributed by atoms with E-state index in [1.807, 2.05) is 47.2 Å². The summed E-state index contributed by atoms with van der Waals surface area (Å²) in [6, 6.07) is 14.5. The number of carbonyl (C=O) groups excluding carboxylic acids is 4. The summed E-state index contributed by atoms with van der Waals surface area (Å²) >= 11 is 0. The monoisotopic (exact) mass is 755 g/mol. The summed E-state index contributed by atoms with van der Waals surface area (Å²) in [5, 5.41) is 56.6. The second-order valence-corrected chi connectivity index (χ2v) is 13.2. The largest absolute Gasteiger partial charge is 1.00 e. The number of carboxylic acids is 2. The molecule has 272 valence electrons. The van der Waals surface area contributed by atoms with Gasteiger partial charge in [-0.1, -0.05) is 48.9 Å². The Bertz CT molecular complexity index is 1500. The molecule has 1 aliphatic rings. The van der Waals surface area contributed by atoms with Gasteiger partial charge < -0.3 is 55.2 Å². The molecule has 6 N–H and O–H groups in total. The van der Waals surface area contributed by atoms with Gasteiger partial charge in [-0.3, -0.25) is 9.59 Å². The fourth-order valence-corrected chi connectivity index (χ4v) is 5.66. The molecule has 6 atom stereocenters. The number of sulfonamides is 1. The van der Waals surface area contributed by atoms with E-state index in [-0.39, 0.29) is 97.4 Å². The molecule has 1 aliphatic heterocycles. The molecule has 19 heteroatoms. The second-order valence-electron chi connectivity index (χ2n) is 11.4. The van der Waals surface area contributed by atoms with Crippen LogP contribution in [0.25, 0.3) is 11.1 Å². The van der Waals surface area contributed by atoms with Gasteiger partial charge in [0.1, 0.15) is 18.2 Å². The first-order valence-corrected chi connectivity index (χ1v) is 17.3. The number of rotatable bonds is 16. The van der Waals surface area contributed by atoms with Crippen molar-refractivity contribution >= 4 is 33.8 Å². The Hall–Kier alpha value is -1.97. The molecule has 0 radical (unpaired) electrons. The summed E-state index contributed by atoms with van der Waals surface area (Å²) < 4.78 is 36.0. The zero-order valence-electron chi connectivity index (χ0n) is 29.4. The van der Waals surface area contributed by atoms with Gasteiger partial charge in [-0.15, -0.1) is 0 Å². The predicted octanol–water partition coefficient (Wildman–Crippen LogP) is -8.59. The first-order chi connectivity index (χ1) is 23.0. The third-order valence-electron chi connectivity index (χ3n) is 7.18. The fourth-order valence-electron chi connectivity index (χ4n) is 4.89. The van der Waals surface area contributed by atoms with Crippen LogP contribution in [0.2, 0.25) is 0 Å². The van der Waals surface area contributed by atoms with E-state index in [1.165, 1.54) is 0 Å². The van der Waals surface area contributed by atoms with Crippen molar-refractivity contribution in [2.45, 2.75) is 75.7 Å². The Morgan fingerprint density at radius 1 is 0.961 bits per heavy atom. The Labute approximate surface area is 341 Å². The van der Waals surface area contributed by atoms with Crippen LogP contribution < -0.4 is 84.7 Å². The molecule has 2 aromatic rings. The number of aliphatic carboxylic acids is 2. The van der Waals surface area contributed by atoms with Crippen molar-refractivity contribution in [2.75, 3.05) is 26.0 Å². The summed E-state index contributed by atoms with van der Waals surface area (Å²) in [5.74, 6) is -6.92. The number of nitrogens with one attached hydrogen (secondary N) is 3. The van der Waals surface area contributed by atoms with Gasteiger partial charge in [0, 0.05) is 25.0 Å². The first kappa shape index (κ1) is 49.0. The van der Waals surface area contributed by atoms with Gasteiger partial charge in [0.05, 0.1) is 37.7 Å². The van der Waals surface area contributed by atoms with E-state index in [0.717, 1.165) is 24.3 Å². The van der Waals surface area contributed by atoms with Crippen molar-refractivity contribution in [3.8, 4) is 11.1 Å². The van der Waals surface area contributed by atoms with Crippen molar-refractivity contribution in [1.82, 2.24) is 15.4 Å². The number of benzene rings is 2. The van der Waals surface area contributed by atoms with Crippen LogP contribution in [0.4, 0.5) is 0 Å². The number of aliphatic hydroxyl groups excluding tert-OH is 3. The number of carboxylic acid groups (broad SMARTS) is 2. The third-order valence-corrected chi connectivity index (χ3v) is 7.88. The number of ether oxygens (including phenoxy) is 2. The van der Waals surface area contributed by atoms with Gasteiger partial charge in [0.15, 0.2) is 0 Å². The number of hydrogen-bond donors (Lipinski definition) is 6. The number of amides is 2. The minimum Gasteiger partial charge on any atom is -0.550 e. The van der Waals surface area contributed by atoms with Crippen LogP contribution in [0.5, 0.6) is 0 Å². The van der Waals surface area contributed by atoms with Crippen LogP contribution in [-0.4, -0.2) is 110 Å². The number of aliphatic hydroxyl groups is 3. The SMILES string of the molecule is CC(=O)N[C@@H]1[C@@H](NS(C)(=O)=O)[C@H](O)[C@](OCCCCCC(=O)[O-])(C(=O)[O-])O[C@H]1CO.CC(O)CNC(=O)c1ccc(-c2ccccc2)cc1.[Na+].[Na+]. The van der Waals surface area contributed by atoms with E-state index >= 15 is 0 Å². The zero-order valence-corrected chi connectivity index (χ0v) is 34.2. The van der Waals surface area contributed by atoms with E-state index in [1.54, 1.807) is 19.1 Å². The van der Waals surface area contributed by atoms with Crippen LogP contribution >= 0.6 is 0 Å². The van der Waals surface area contributed by atoms with Gasteiger partial charge in [0.2, 0.25) is 21.7 Å². The molecule has 0 spiro atoms. The minimum atomic E-state index is -4.00. The fraction of sp³-hybridized carbons (Fsp3) is 0.500. The number of carbonyl (C=O) groups is 4. The Kier molecular flexibility index (Phi) is 22.7. The van der Waals surface area contributed by atoms with E-state index < -0.39 is 70.7 Å². The molecule has 1 fully saturated rings. The molecular weight excluding hydrogens is 712 g/mol. The Morgan fingerprint density at radius 3 is 2.04 bits per heavy atom. The molecule has 1 saturated heterocycles. The van der Waals surface area contributed by atoms with Crippen molar-refractivity contribution in [2.24, 2.45) is 0 Å². The number of unbranched alkanes of at least 4 members (excludes halogenated alkanes) is 2. The molecular formula is C32H43N3Na2O13S. The molecule has 2 aromatic carbocycles. The second kappa shape index (κ2) is 23.6. The first-order valence-electron chi connectivity index (χ1n) is 15.4. The van der Waals surface area contributed by atoms with Crippen molar-refractivity contribution in [3.05, 3.63) is 60.2 Å². The molecule has 16 nitrogen and oxygen atoms in total. The van der Waals surface area contributed by atoms with E-state index in [9.17, 15) is 48.0 Å². The summed E-state index contributed by atoms with van der Waals surface area (Å²) in [7, 11) is -4.00. The average molecular weight is 756 g/mol. The van der Waals surface area contributed by atoms with Crippen LogP contribution in [0, 0.1) is 0 Å². The molecule has 0 aliphatic carbocycles. The molecule has 2 amide bonds. The maximum Gasteiger partial charge on any atom is 1.00 e. The quantitative estimate of drug-likeness (QED) is 0.0688. The molecule has 1 unspecified atom stereocenters. The summed E-state index contributed by atoms with van der Waals surface area (Å²) in [6.45, 7) is 1.84. The smallest absolute Gasteiger partial charge is 0.550 e. The van der Waals surface area contributed by atoms with Crippen molar-refractivity contribution in [1.29, 1.82) is 0 Å². The molecule has 3 rings (SSSR count). The Balaban J connectivity index is 0.00000103. The Morgan fingerprint density at radius 2 is 1.55 bits per heavy atom. The maximum absolute atomic E-state index is 11.8. The molecule has 0 bridgehead atoms. The van der Waals surface area contributed by atoms with Gasteiger partial charge in [0.25, 0.3) is 5.91 Å². The molecule has 1 heterocycles. The van der Waals surface area contributed by atoms with Crippen LogP contribution in [-0.2, 0) is 33.9 Å². The zero-order chi connectivity index (χ0) is 36.8. The van der Waals surface area contributed by atoms with E-state index in [4.69, 9.17) is 14.6 Å². The van der Waals surface area contributed by atoms with Crippen molar-refractivity contribution in [3.63, 3.8) is 0 Å². The van der Waals surface area contributed by atoms with Crippen LogP contribution in [0.1, 0.15) is 49.9 Å². The third kappa shape index (κ3) is 16.3. The molecule has 0 saturated carbocycles. The van der Waals surface area contributed by atoms with Crippen LogP contribution in [0.3, 0.4) is 0 Å². The normalized spacial score (nSPS) is 21.7. The molecule has 0 aromatic heterocycles. The standard InChI is InChI=1S/C16H28N2O11S.C16H17NO2.2Na/c1-9(20)17-12-10(8-19)29-16(15(24)25,14(23)13(12)18-30(2,26)27)28-7-5-3-4-6-11(21)22;1-12(18)11-17-16(19)15-9-7-14(8-10-15)13-5-3-2-4-6-13;;/h10,12-14,18-19,23H,3-8H2,1-2H3,(H,17,20)(H,21,22)(H,24,25);2-10,12,18H,11H2,1H3,(H,17,19);;/q;;2*+1/p-2/t10-,12-,13+,14-,16+;;;/m0.../s1. The van der Waals surface area contributed by atoms with Gasteiger partial charge in [-0.25, -0.2) is 13.1 Å². The topological polar surface area (TPSA) is 264 Å². The van der Waals surface area contributed by atoms with Crippen LogP contribution in [0.15, 0.2) is 54.6 Å². The van der Waals surface area contributed by atoms with Crippen molar-refractivity contribution < 1.29 is 122 Å². The van der Waals surface area contributed by atoms with Gasteiger partial charge in [-0.05, 0) is 49.4 Å².